The minimum atomic E-state index is -1.01. The third-order valence-electron chi connectivity index (χ3n) is 3.48. The Morgan fingerprint density at radius 3 is 1.89 bits per heavy atom. The summed E-state index contributed by atoms with van der Waals surface area (Å²) in [7, 11) is 6.33. The van der Waals surface area contributed by atoms with Crippen LogP contribution in [0.2, 0.25) is 0 Å². The van der Waals surface area contributed by atoms with Crippen LogP contribution in [0.5, 0.6) is 0 Å². The SMILES string of the molecule is COC1(OC)C=CC(OC)(OC)c2nc(C)ccc21. The molecule has 0 radical (unpaired) electrons. The van der Waals surface area contributed by atoms with Crippen molar-refractivity contribution in [2.75, 3.05) is 28.4 Å². The lowest BCUT2D eigenvalue weighted by atomic mass is 9.91. The predicted molar refractivity (Wildman–Crippen MR) is 69.5 cm³/mol. The van der Waals surface area contributed by atoms with Crippen molar-refractivity contribution in [3.63, 3.8) is 0 Å². The van der Waals surface area contributed by atoms with Gasteiger partial charge < -0.3 is 18.9 Å². The maximum Gasteiger partial charge on any atom is 0.232 e. The number of ether oxygens (including phenoxy) is 4. The molecule has 0 spiro atoms. The first-order chi connectivity index (χ1) is 9.07. The Morgan fingerprint density at radius 2 is 1.37 bits per heavy atom. The largest absolute Gasteiger partial charge is 0.346 e. The highest BCUT2D eigenvalue weighted by Gasteiger charge is 2.46. The smallest absolute Gasteiger partial charge is 0.232 e. The highest BCUT2D eigenvalue weighted by atomic mass is 16.7. The molecule has 1 aromatic heterocycles. The lowest BCUT2D eigenvalue weighted by Gasteiger charge is -2.39. The molecule has 0 fully saturated rings. The van der Waals surface area contributed by atoms with Crippen molar-refractivity contribution >= 4 is 0 Å². The lowest BCUT2D eigenvalue weighted by Crippen LogP contribution is -2.41. The van der Waals surface area contributed by atoms with E-state index in [4.69, 9.17) is 18.9 Å². The van der Waals surface area contributed by atoms with E-state index < -0.39 is 11.6 Å². The molecule has 19 heavy (non-hydrogen) atoms. The van der Waals surface area contributed by atoms with E-state index in [1.807, 2.05) is 19.1 Å². The van der Waals surface area contributed by atoms with Crippen molar-refractivity contribution in [3.8, 4) is 0 Å². The van der Waals surface area contributed by atoms with Gasteiger partial charge in [-0.3, -0.25) is 4.98 Å². The van der Waals surface area contributed by atoms with Crippen LogP contribution in [-0.4, -0.2) is 33.4 Å². The molecule has 0 aliphatic heterocycles. The average Bonchev–Trinajstić information content (AvgIpc) is 2.46. The minimum absolute atomic E-state index is 0.642. The normalized spacial score (nSPS) is 19.2. The van der Waals surface area contributed by atoms with Gasteiger partial charge in [-0.1, -0.05) is 0 Å². The predicted octanol–water partition coefficient (Wildman–Crippen LogP) is 1.85. The highest BCUT2D eigenvalue weighted by molar-refractivity contribution is 5.40. The summed E-state index contributed by atoms with van der Waals surface area (Å²) in [5.74, 6) is -1.97. The van der Waals surface area contributed by atoms with Crippen LogP contribution in [0, 0.1) is 6.92 Å². The fourth-order valence-corrected chi connectivity index (χ4v) is 2.34. The van der Waals surface area contributed by atoms with E-state index >= 15 is 0 Å². The van der Waals surface area contributed by atoms with Gasteiger partial charge in [0.25, 0.3) is 0 Å². The first-order valence-corrected chi connectivity index (χ1v) is 5.97. The van der Waals surface area contributed by atoms with E-state index in [1.54, 1.807) is 40.6 Å². The molecule has 0 bridgehead atoms. The van der Waals surface area contributed by atoms with Gasteiger partial charge in [0.15, 0.2) is 0 Å². The Labute approximate surface area is 113 Å². The van der Waals surface area contributed by atoms with Gasteiger partial charge in [0.2, 0.25) is 11.6 Å². The summed E-state index contributed by atoms with van der Waals surface area (Å²) in [5.41, 5.74) is 2.28. The quantitative estimate of drug-likeness (QED) is 0.614. The van der Waals surface area contributed by atoms with Gasteiger partial charge in [0.05, 0.1) is 0 Å². The Morgan fingerprint density at radius 1 is 0.842 bits per heavy atom. The number of fused-ring (bicyclic) bond motifs is 1. The van der Waals surface area contributed by atoms with Gasteiger partial charge in [-0.25, -0.2) is 0 Å². The third kappa shape index (κ3) is 1.99. The molecule has 1 aliphatic carbocycles. The summed E-state index contributed by atoms with van der Waals surface area (Å²) in [5, 5.41) is 0. The number of pyridine rings is 1. The van der Waals surface area contributed by atoms with E-state index in [-0.39, 0.29) is 0 Å². The maximum atomic E-state index is 5.52. The Kier molecular flexibility index (Phi) is 3.73. The fourth-order valence-electron chi connectivity index (χ4n) is 2.34. The number of methoxy groups -OCH3 is 4. The zero-order chi connectivity index (χ0) is 14.1. The Balaban J connectivity index is 2.71. The Hall–Kier alpha value is -1.27. The van der Waals surface area contributed by atoms with E-state index in [9.17, 15) is 0 Å². The molecule has 1 aliphatic rings. The lowest BCUT2D eigenvalue weighted by molar-refractivity contribution is -0.212. The maximum absolute atomic E-state index is 5.52. The molecule has 0 unspecified atom stereocenters. The van der Waals surface area contributed by atoms with Crippen LogP contribution in [0.25, 0.3) is 0 Å². The zero-order valence-electron chi connectivity index (χ0n) is 11.9. The number of hydrogen-bond donors (Lipinski definition) is 0. The van der Waals surface area contributed by atoms with Crippen molar-refractivity contribution in [1.29, 1.82) is 0 Å². The molecule has 5 heteroatoms. The fraction of sp³-hybridized carbons (Fsp3) is 0.500. The van der Waals surface area contributed by atoms with Crippen molar-refractivity contribution in [3.05, 3.63) is 41.2 Å². The summed E-state index contributed by atoms with van der Waals surface area (Å²) in [4.78, 5) is 4.54. The molecule has 0 saturated heterocycles. The molecule has 2 rings (SSSR count). The monoisotopic (exact) mass is 265 g/mol. The molecule has 104 valence electrons. The van der Waals surface area contributed by atoms with Crippen LogP contribution < -0.4 is 0 Å². The average molecular weight is 265 g/mol. The number of nitrogens with zero attached hydrogens (tertiary/aromatic N) is 1. The van der Waals surface area contributed by atoms with Crippen LogP contribution in [-0.2, 0) is 30.5 Å². The first-order valence-electron chi connectivity index (χ1n) is 5.97. The molecular weight excluding hydrogens is 246 g/mol. The van der Waals surface area contributed by atoms with Crippen molar-refractivity contribution in [2.24, 2.45) is 0 Å². The van der Waals surface area contributed by atoms with Gasteiger partial charge in [-0.05, 0) is 31.2 Å². The van der Waals surface area contributed by atoms with Crippen LogP contribution in [0.4, 0.5) is 0 Å². The second-order valence-corrected chi connectivity index (χ2v) is 4.33. The van der Waals surface area contributed by atoms with Gasteiger partial charge in [0, 0.05) is 39.7 Å². The summed E-state index contributed by atoms with van der Waals surface area (Å²) < 4.78 is 22.1. The first kappa shape index (κ1) is 14.1. The van der Waals surface area contributed by atoms with Gasteiger partial charge in [0.1, 0.15) is 5.69 Å². The van der Waals surface area contributed by atoms with Crippen LogP contribution in [0.3, 0.4) is 0 Å². The number of rotatable bonds is 4. The topological polar surface area (TPSA) is 49.8 Å². The molecule has 0 aromatic carbocycles. The second kappa shape index (κ2) is 5.02. The van der Waals surface area contributed by atoms with Gasteiger partial charge in [-0.15, -0.1) is 0 Å². The van der Waals surface area contributed by atoms with Crippen LogP contribution >= 0.6 is 0 Å². The van der Waals surface area contributed by atoms with Crippen LogP contribution in [0.15, 0.2) is 24.3 Å². The van der Waals surface area contributed by atoms with E-state index in [0.717, 1.165) is 11.3 Å². The molecule has 0 atom stereocenters. The third-order valence-corrected chi connectivity index (χ3v) is 3.48. The standard InChI is InChI=1S/C14H19NO4/c1-10-6-7-11-12(15-10)14(18-4,19-5)9-8-13(11,16-2)17-3/h6-9H,1-5H3. The van der Waals surface area contributed by atoms with Crippen LogP contribution in [0.1, 0.15) is 17.0 Å². The van der Waals surface area contributed by atoms with Gasteiger partial charge >= 0.3 is 0 Å². The zero-order valence-corrected chi connectivity index (χ0v) is 11.9. The molecule has 0 saturated carbocycles. The van der Waals surface area contributed by atoms with Crippen molar-refractivity contribution in [2.45, 2.75) is 18.5 Å². The number of aryl methyl sites for hydroxylation is 1. The molecule has 0 N–H and O–H groups in total. The molecule has 0 amide bonds. The summed E-state index contributed by atoms with van der Waals surface area (Å²) in [6, 6.07) is 3.82. The minimum Gasteiger partial charge on any atom is -0.346 e. The van der Waals surface area contributed by atoms with Gasteiger partial charge in [-0.2, -0.15) is 0 Å². The summed E-state index contributed by atoms with van der Waals surface area (Å²) in [6.07, 6.45) is 3.54. The van der Waals surface area contributed by atoms with E-state index in [2.05, 4.69) is 4.98 Å². The van der Waals surface area contributed by atoms with Crippen molar-refractivity contribution < 1.29 is 18.9 Å². The Bertz CT molecular complexity index is 490. The number of aromatic nitrogens is 1. The molecule has 1 heterocycles. The molecule has 1 aromatic rings. The molecule has 5 nitrogen and oxygen atoms in total. The van der Waals surface area contributed by atoms with E-state index in [1.165, 1.54) is 0 Å². The second-order valence-electron chi connectivity index (χ2n) is 4.33. The summed E-state index contributed by atoms with van der Waals surface area (Å²) >= 11 is 0. The summed E-state index contributed by atoms with van der Waals surface area (Å²) in [6.45, 7) is 1.91. The van der Waals surface area contributed by atoms with E-state index in [0.29, 0.717) is 5.69 Å². The molecular formula is C14H19NO4. The number of hydrogen-bond acceptors (Lipinski definition) is 5. The highest BCUT2D eigenvalue weighted by Crippen LogP contribution is 2.42. The van der Waals surface area contributed by atoms with Crippen molar-refractivity contribution in [1.82, 2.24) is 4.98 Å².